The van der Waals surface area contributed by atoms with Gasteiger partial charge in [-0.2, -0.15) is 5.10 Å². The highest BCUT2D eigenvalue weighted by atomic mass is 16.2. The van der Waals surface area contributed by atoms with Gasteiger partial charge in [-0.05, 0) is 43.4 Å². The van der Waals surface area contributed by atoms with Crippen LogP contribution in [-0.4, -0.2) is 40.0 Å². The van der Waals surface area contributed by atoms with E-state index in [0.717, 1.165) is 31.5 Å². The van der Waals surface area contributed by atoms with Gasteiger partial charge in [0, 0.05) is 31.1 Å². The van der Waals surface area contributed by atoms with Gasteiger partial charge in [0.2, 0.25) is 5.91 Å². The van der Waals surface area contributed by atoms with Crippen molar-refractivity contribution < 1.29 is 9.59 Å². The lowest BCUT2D eigenvalue weighted by atomic mass is 9.94. The lowest BCUT2D eigenvalue weighted by Crippen LogP contribution is -2.39. The number of amides is 2. The molecule has 25 heavy (non-hydrogen) atoms. The average molecular weight is 340 g/mol. The molecule has 3 rings (SSSR count). The van der Waals surface area contributed by atoms with Crippen LogP contribution in [0.1, 0.15) is 52.5 Å². The minimum atomic E-state index is -0.538. The summed E-state index contributed by atoms with van der Waals surface area (Å²) in [6, 6.07) is 9.89. The predicted octanol–water partition coefficient (Wildman–Crippen LogP) is 2.16. The SMILES string of the molecule is Cc1ccccc1CCC(=O)N1CCC[C@@H](c2cc(C(N)=O)n[nH]2)C1. The van der Waals surface area contributed by atoms with Crippen molar-refractivity contribution in [1.82, 2.24) is 15.1 Å². The number of rotatable bonds is 5. The number of benzene rings is 1. The fourth-order valence-electron chi connectivity index (χ4n) is 3.42. The standard InChI is InChI=1S/C19H24N4O2/c1-13-5-2-3-6-14(13)8-9-18(24)23-10-4-7-15(12-23)16-11-17(19(20)25)22-21-16/h2-3,5-6,11,15H,4,7-10,12H2,1H3,(H2,20,25)(H,21,22)/t15-/m1/s1. The number of hydrogen-bond donors (Lipinski definition) is 2. The van der Waals surface area contributed by atoms with Gasteiger partial charge in [-0.1, -0.05) is 24.3 Å². The summed E-state index contributed by atoms with van der Waals surface area (Å²) in [4.78, 5) is 25.7. The van der Waals surface area contributed by atoms with Crippen LogP contribution in [0, 0.1) is 6.92 Å². The highest BCUT2D eigenvalue weighted by molar-refractivity contribution is 5.90. The van der Waals surface area contributed by atoms with E-state index in [4.69, 9.17) is 5.73 Å². The Morgan fingerprint density at radius 1 is 1.36 bits per heavy atom. The van der Waals surface area contributed by atoms with E-state index in [1.807, 2.05) is 17.0 Å². The molecule has 2 heterocycles. The normalized spacial score (nSPS) is 17.5. The van der Waals surface area contributed by atoms with Gasteiger partial charge in [0.15, 0.2) is 0 Å². The minimum Gasteiger partial charge on any atom is -0.364 e. The monoisotopic (exact) mass is 340 g/mol. The molecule has 132 valence electrons. The summed E-state index contributed by atoms with van der Waals surface area (Å²) in [6.45, 7) is 3.53. The van der Waals surface area contributed by atoms with Crippen LogP contribution in [0.25, 0.3) is 0 Å². The predicted molar refractivity (Wildman–Crippen MR) is 95.2 cm³/mol. The number of likely N-dealkylation sites (tertiary alicyclic amines) is 1. The fourth-order valence-corrected chi connectivity index (χ4v) is 3.42. The zero-order chi connectivity index (χ0) is 17.8. The van der Waals surface area contributed by atoms with E-state index in [1.54, 1.807) is 6.07 Å². The average Bonchev–Trinajstić information content (AvgIpc) is 3.11. The van der Waals surface area contributed by atoms with E-state index < -0.39 is 5.91 Å². The number of nitrogens with zero attached hydrogens (tertiary/aromatic N) is 2. The number of carbonyl (C=O) groups excluding carboxylic acids is 2. The van der Waals surface area contributed by atoms with E-state index in [9.17, 15) is 9.59 Å². The summed E-state index contributed by atoms with van der Waals surface area (Å²) in [5.41, 5.74) is 8.83. The van der Waals surface area contributed by atoms with Crippen molar-refractivity contribution >= 4 is 11.8 Å². The Hall–Kier alpha value is -2.63. The van der Waals surface area contributed by atoms with Crippen molar-refractivity contribution in [3.63, 3.8) is 0 Å². The Kier molecular flexibility index (Phi) is 5.16. The first-order valence-corrected chi connectivity index (χ1v) is 8.72. The second-order valence-corrected chi connectivity index (χ2v) is 6.68. The molecule has 0 saturated carbocycles. The number of hydrogen-bond acceptors (Lipinski definition) is 3. The van der Waals surface area contributed by atoms with Gasteiger partial charge in [0.05, 0.1) is 0 Å². The number of nitrogens with one attached hydrogen (secondary N) is 1. The number of carbonyl (C=O) groups is 2. The molecule has 1 saturated heterocycles. The van der Waals surface area contributed by atoms with E-state index in [0.29, 0.717) is 13.0 Å². The first-order valence-electron chi connectivity index (χ1n) is 8.72. The molecule has 0 bridgehead atoms. The number of primary amides is 1. The molecular weight excluding hydrogens is 316 g/mol. The Bertz CT molecular complexity index is 768. The maximum atomic E-state index is 12.6. The molecule has 0 spiro atoms. The maximum absolute atomic E-state index is 12.6. The second kappa shape index (κ2) is 7.51. The van der Waals surface area contributed by atoms with E-state index in [-0.39, 0.29) is 17.5 Å². The van der Waals surface area contributed by atoms with Gasteiger partial charge in [-0.25, -0.2) is 0 Å². The molecule has 0 aliphatic carbocycles. The molecule has 1 fully saturated rings. The third-order valence-corrected chi connectivity index (χ3v) is 4.93. The lowest BCUT2D eigenvalue weighted by molar-refractivity contribution is -0.132. The van der Waals surface area contributed by atoms with Gasteiger partial charge in [0.1, 0.15) is 5.69 Å². The number of aryl methyl sites for hydroxylation is 2. The van der Waals surface area contributed by atoms with Crippen molar-refractivity contribution in [1.29, 1.82) is 0 Å². The molecule has 2 aromatic rings. The molecule has 6 heteroatoms. The summed E-state index contributed by atoms with van der Waals surface area (Å²) >= 11 is 0. The van der Waals surface area contributed by atoms with E-state index in [1.165, 1.54) is 11.1 Å². The highest BCUT2D eigenvalue weighted by Crippen LogP contribution is 2.26. The van der Waals surface area contributed by atoms with Gasteiger partial charge < -0.3 is 10.6 Å². The van der Waals surface area contributed by atoms with Crippen molar-refractivity contribution in [3.8, 4) is 0 Å². The molecule has 1 aromatic heterocycles. The Morgan fingerprint density at radius 2 is 2.16 bits per heavy atom. The summed E-state index contributed by atoms with van der Waals surface area (Å²) in [6.07, 6.45) is 3.21. The Labute approximate surface area is 147 Å². The molecule has 1 atom stereocenters. The molecule has 2 amide bonds. The smallest absolute Gasteiger partial charge is 0.269 e. The van der Waals surface area contributed by atoms with Crippen LogP contribution < -0.4 is 5.73 Å². The maximum Gasteiger partial charge on any atom is 0.269 e. The zero-order valence-electron chi connectivity index (χ0n) is 14.5. The molecule has 0 unspecified atom stereocenters. The molecule has 1 aliphatic rings. The van der Waals surface area contributed by atoms with Gasteiger partial charge in [-0.15, -0.1) is 0 Å². The van der Waals surface area contributed by atoms with Crippen LogP contribution in [-0.2, 0) is 11.2 Å². The van der Waals surface area contributed by atoms with Crippen molar-refractivity contribution in [2.75, 3.05) is 13.1 Å². The minimum absolute atomic E-state index is 0.178. The molecule has 1 aromatic carbocycles. The summed E-state index contributed by atoms with van der Waals surface area (Å²) < 4.78 is 0. The van der Waals surface area contributed by atoms with E-state index in [2.05, 4.69) is 29.3 Å². The largest absolute Gasteiger partial charge is 0.364 e. The first-order chi connectivity index (χ1) is 12.0. The molecule has 6 nitrogen and oxygen atoms in total. The van der Waals surface area contributed by atoms with Crippen LogP contribution in [0.15, 0.2) is 30.3 Å². The fraction of sp³-hybridized carbons (Fsp3) is 0.421. The topological polar surface area (TPSA) is 92.1 Å². The van der Waals surface area contributed by atoms with E-state index >= 15 is 0 Å². The number of piperidine rings is 1. The van der Waals surface area contributed by atoms with Crippen LogP contribution in [0.5, 0.6) is 0 Å². The van der Waals surface area contributed by atoms with Crippen molar-refractivity contribution in [2.45, 2.75) is 38.5 Å². The number of H-pyrrole nitrogens is 1. The number of nitrogens with two attached hydrogens (primary N) is 1. The third kappa shape index (κ3) is 4.07. The van der Waals surface area contributed by atoms with Gasteiger partial charge in [0.25, 0.3) is 5.91 Å². The summed E-state index contributed by atoms with van der Waals surface area (Å²) in [7, 11) is 0. The molecule has 3 N–H and O–H groups in total. The Morgan fingerprint density at radius 3 is 2.88 bits per heavy atom. The van der Waals surface area contributed by atoms with Crippen molar-refractivity contribution in [2.24, 2.45) is 5.73 Å². The van der Waals surface area contributed by atoms with Crippen LogP contribution in [0.3, 0.4) is 0 Å². The quantitative estimate of drug-likeness (QED) is 0.873. The Balaban J connectivity index is 1.59. The molecule has 1 aliphatic heterocycles. The summed E-state index contributed by atoms with van der Waals surface area (Å²) in [5, 5.41) is 6.84. The molecular formula is C19H24N4O2. The van der Waals surface area contributed by atoms with Crippen LogP contribution in [0.4, 0.5) is 0 Å². The lowest BCUT2D eigenvalue weighted by Gasteiger charge is -2.32. The van der Waals surface area contributed by atoms with Gasteiger partial charge in [-0.3, -0.25) is 14.7 Å². The van der Waals surface area contributed by atoms with Crippen molar-refractivity contribution in [3.05, 3.63) is 52.8 Å². The molecule has 0 radical (unpaired) electrons. The third-order valence-electron chi connectivity index (χ3n) is 4.93. The van der Waals surface area contributed by atoms with Crippen LogP contribution in [0.2, 0.25) is 0 Å². The van der Waals surface area contributed by atoms with Crippen LogP contribution >= 0.6 is 0 Å². The summed E-state index contributed by atoms with van der Waals surface area (Å²) in [5.74, 6) is -0.177. The highest BCUT2D eigenvalue weighted by Gasteiger charge is 2.26. The number of aromatic nitrogens is 2. The van der Waals surface area contributed by atoms with Gasteiger partial charge >= 0.3 is 0 Å². The first kappa shape index (κ1) is 17.2. The second-order valence-electron chi connectivity index (χ2n) is 6.68. The number of aromatic amines is 1. The zero-order valence-corrected chi connectivity index (χ0v) is 14.5.